The molecule has 0 aliphatic carbocycles. The first-order valence-electron chi connectivity index (χ1n) is 13.3. The van der Waals surface area contributed by atoms with E-state index in [2.05, 4.69) is 10.6 Å². The van der Waals surface area contributed by atoms with Gasteiger partial charge in [0.15, 0.2) is 11.5 Å². The average molecular weight is 612 g/mol. The number of carbonyl (C=O) groups excluding carboxylic acids is 5. The van der Waals surface area contributed by atoms with Crippen LogP contribution in [0.2, 0.25) is 0 Å². The molecule has 4 atom stereocenters. The Bertz CT molecular complexity index is 1520. The van der Waals surface area contributed by atoms with Crippen molar-refractivity contribution in [2.45, 2.75) is 48.6 Å². The molecule has 3 saturated heterocycles. The fraction of sp³-hybridized carbons (Fsp3) is 0.357. The average Bonchev–Trinajstić information content (AvgIpc) is 3.22. The normalized spacial score (nSPS) is 23.3. The molecule has 2 aromatic carbocycles. The van der Waals surface area contributed by atoms with Crippen molar-refractivity contribution in [2.75, 3.05) is 13.1 Å². The monoisotopic (exact) mass is 611 g/mol. The van der Waals surface area contributed by atoms with E-state index in [1.807, 2.05) is 0 Å². The number of amides is 6. The van der Waals surface area contributed by atoms with Crippen LogP contribution in [-0.2, 0) is 30.5 Å². The number of nitrogens with zero attached hydrogens (tertiary/aromatic N) is 3. The number of benzene rings is 2. The molecule has 5 N–H and O–H groups in total. The largest absolute Gasteiger partial charge is 0.504 e. The van der Waals surface area contributed by atoms with E-state index in [1.54, 1.807) is 44.2 Å². The predicted octanol–water partition coefficient (Wildman–Crippen LogP) is 0.351. The van der Waals surface area contributed by atoms with Gasteiger partial charge >= 0.3 is 23.8 Å². The number of aliphatic carboxylic acids is 1. The van der Waals surface area contributed by atoms with E-state index in [9.17, 15) is 44.1 Å². The van der Waals surface area contributed by atoms with Crippen LogP contribution in [-0.4, -0.2) is 101 Å². The Hall–Kier alpha value is -4.79. The van der Waals surface area contributed by atoms with Gasteiger partial charge < -0.3 is 35.8 Å². The van der Waals surface area contributed by atoms with Gasteiger partial charge in [-0.3, -0.25) is 24.1 Å². The smallest absolute Gasteiger partial charge is 0.327 e. The second-order valence-corrected chi connectivity index (χ2v) is 12.7. The van der Waals surface area contributed by atoms with Gasteiger partial charge in [-0.15, -0.1) is 11.8 Å². The standard InChI is InChI=1S/C28H29N5O9S/c1-28(2)20(26(40)41)33-22(37)19(25(33)43-28)29-21(36)18(15-6-4-3-5-7-15)30-27(42)32-11-10-31(23(38)24(32)39)13-14-8-9-16(34)17(35)12-14/h3-9,12,18-20,25,34-35H,10-11,13H2,1-2H3,(H,29,36)(H,30,42)(H,40,41)/t18?,19-,20+,25-/m1/s1. The lowest BCUT2D eigenvalue weighted by Gasteiger charge is -2.44. The minimum absolute atomic E-state index is 0.0202. The van der Waals surface area contributed by atoms with Crippen LogP contribution in [0.25, 0.3) is 0 Å². The first kappa shape index (κ1) is 29.7. The van der Waals surface area contributed by atoms with Crippen molar-refractivity contribution in [3.05, 3.63) is 59.7 Å². The van der Waals surface area contributed by atoms with Gasteiger partial charge in [-0.1, -0.05) is 36.4 Å². The van der Waals surface area contributed by atoms with E-state index in [-0.39, 0.29) is 31.1 Å². The van der Waals surface area contributed by atoms with Gasteiger partial charge in [0.2, 0.25) is 11.8 Å². The molecule has 0 bridgehead atoms. The summed E-state index contributed by atoms with van der Waals surface area (Å²) < 4.78 is -0.795. The van der Waals surface area contributed by atoms with Crippen molar-refractivity contribution in [1.29, 1.82) is 0 Å². The molecule has 43 heavy (non-hydrogen) atoms. The molecule has 2 aromatic rings. The van der Waals surface area contributed by atoms with Crippen molar-refractivity contribution >= 4 is 47.4 Å². The number of hydrogen-bond acceptors (Lipinski definition) is 9. The van der Waals surface area contributed by atoms with Crippen molar-refractivity contribution in [2.24, 2.45) is 0 Å². The quantitative estimate of drug-likeness (QED) is 0.166. The Morgan fingerprint density at radius 1 is 1.00 bits per heavy atom. The number of carboxylic acids is 1. The maximum Gasteiger partial charge on any atom is 0.327 e. The number of urea groups is 1. The number of β-lactam (4-membered cyclic amide) rings is 1. The number of carboxylic acid groups (broad SMARTS) is 1. The topological polar surface area (TPSA) is 197 Å². The van der Waals surface area contributed by atoms with Crippen LogP contribution in [0.5, 0.6) is 11.5 Å². The lowest BCUT2D eigenvalue weighted by Crippen LogP contribution is -2.71. The Morgan fingerprint density at radius 2 is 1.70 bits per heavy atom. The summed E-state index contributed by atoms with van der Waals surface area (Å²) in [5.74, 6) is -5.25. The second-order valence-electron chi connectivity index (χ2n) is 10.9. The number of thioether (sulfide) groups is 1. The number of hydrogen-bond donors (Lipinski definition) is 5. The Morgan fingerprint density at radius 3 is 2.35 bits per heavy atom. The third kappa shape index (κ3) is 5.43. The van der Waals surface area contributed by atoms with Crippen LogP contribution in [0.3, 0.4) is 0 Å². The maximum atomic E-state index is 13.5. The molecule has 3 heterocycles. The van der Waals surface area contributed by atoms with Gasteiger partial charge in [-0.25, -0.2) is 9.59 Å². The fourth-order valence-corrected chi connectivity index (χ4v) is 7.06. The van der Waals surface area contributed by atoms with Crippen molar-refractivity contribution < 1.29 is 44.1 Å². The van der Waals surface area contributed by atoms with E-state index in [0.717, 1.165) is 0 Å². The van der Waals surface area contributed by atoms with Crippen molar-refractivity contribution in [3.8, 4) is 11.5 Å². The van der Waals surface area contributed by atoms with E-state index in [0.29, 0.717) is 16.0 Å². The minimum Gasteiger partial charge on any atom is -0.504 e. The molecule has 1 unspecified atom stereocenters. The highest BCUT2D eigenvalue weighted by molar-refractivity contribution is 8.01. The van der Waals surface area contributed by atoms with Gasteiger partial charge in [0.25, 0.3) is 0 Å². The van der Waals surface area contributed by atoms with Crippen LogP contribution in [0.15, 0.2) is 48.5 Å². The van der Waals surface area contributed by atoms with Crippen LogP contribution in [0, 0.1) is 0 Å². The molecule has 5 rings (SSSR count). The molecule has 3 aliphatic rings. The highest BCUT2D eigenvalue weighted by Gasteiger charge is 2.64. The number of carbonyl (C=O) groups is 6. The summed E-state index contributed by atoms with van der Waals surface area (Å²) in [5, 5.41) is 33.4. The number of piperazine rings is 1. The lowest BCUT2D eigenvalue weighted by atomic mass is 9.95. The minimum atomic E-state index is -1.34. The zero-order valence-corrected chi connectivity index (χ0v) is 23.9. The first-order valence-corrected chi connectivity index (χ1v) is 14.2. The number of fused-ring (bicyclic) bond motifs is 1. The molecular formula is C28H29N5O9S. The summed E-state index contributed by atoms with van der Waals surface area (Å²) in [7, 11) is 0. The SMILES string of the molecule is CC1(C)S[C@@H]2[C@H](NC(=O)C(NC(=O)N3CCN(Cc4ccc(O)c(O)c4)C(=O)C3=O)c3ccccc3)C(=O)N2[C@H]1C(=O)O. The summed E-state index contributed by atoms with van der Waals surface area (Å²) in [5.41, 5.74) is 0.808. The lowest BCUT2D eigenvalue weighted by molar-refractivity contribution is -0.161. The Balaban J connectivity index is 1.27. The number of rotatable bonds is 7. The number of aromatic hydroxyl groups is 2. The zero-order valence-electron chi connectivity index (χ0n) is 23.1. The van der Waals surface area contributed by atoms with Crippen LogP contribution in [0.4, 0.5) is 4.79 Å². The summed E-state index contributed by atoms with van der Waals surface area (Å²) in [6, 6.07) is 7.70. The van der Waals surface area contributed by atoms with E-state index in [4.69, 9.17) is 0 Å². The third-order valence-electron chi connectivity index (χ3n) is 7.60. The second kappa shape index (κ2) is 11.1. The summed E-state index contributed by atoms with van der Waals surface area (Å²) in [6.07, 6.45) is 0. The summed E-state index contributed by atoms with van der Waals surface area (Å²) >= 11 is 1.26. The first-order chi connectivity index (χ1) is 20.3. The number of nitrogens with one attached hydrogen (secondary N) is 2. The van der Waals surface area contributed by atoms with Gasteiger partial charge in [-0.05, 0) is 37.1 Å². The summed E-state index contributed by atoms with van der Waals surface area (Å²) in [4.78, 5) is 80.3. The third-order valence-corrected chi connectivity index (χ3v) is 9.17. The zero-order chi connectivity index (χ0) is 31.2. The molecule has 3 fully saturated rings. The molecule has 6 amide bonds. The van der Waals surface area contributed by atoms with Crippen LogP contribution >= 0.6 is 11.8 Å². The Labute approximate surface area is 249 Å². The van der Waals surface area contributed by atoms with Crippen LogP contribution in [0.1, 0.15) is 31.0 Å². The van der Waals surface area contributed by atoms with Crippen molar-refractivity contribution in [3.63, 3.8) is 0 Å². The maximum absolute atomic E-state index is 13.5. The molecule has 3 aliphatic heterocycles. The molecule has 0 radical (unpaired) electrons. The molecular weight excluding hydrogens is 582 g/mol. The molecule has 0 aromatic heterocycles. The highest BCUT2D eigenvalue weighted by Crippen LogP contribution is 2.50. The van der Waals surface area contributed by atoms with Gasteiger partial charge in [0.05, 0.1) is 0 Å². The Kier molecular flexibility index (Phi) is 7.69. The predicted molar refractivity (Wildman–Crippen MR) is 150 cm³/mol. The summed E-state index contributed by atoms with van der Waals surface area (Å²) in [6.45, 7) is 3.17. The van der Waals surface area contributed by atoms with Gasteiger partial charge in [0.1, 0.15) is 23.5 Å². The van der Waals surface area contributed by atoms with Crippen LogP contribution < -0.4 is 10.6 Å². The number of phenolic OH excluding ortho intramolecular Hbond substituents is 2. The highest BCUT2D eigenvalue weighted by atomic mass is 32.2. The number of imide groups is 1. The molecule has 14 nitrogen and oxygen atoms in total. The van der Waals surface area contributed by atoms with Gasteiger partial charge in [0, 0.05) is 24.4 Å². The fourth-order valence-electron chi connectivity index (χ4n) is 5.44. The van der Waals surface area contributed by atoms with E-state index in [1.165, 1.54) is 39.8 Å². The van der Waals surface area contributed by atoms with Crippen molar-refractivity contribution in [1.82, 2.24) is 25.3 Å². The van der Waals surface area contributed by atoms with E-state index >= 15 is 0 Å². The molecule has 15 heteroatoms. The molecule has 0 saturated carbocycles. The molecule has 0 spiro atoms. The van der Waals surface area contributed by atoms with Gasteiger partial charge in [-0.2, -0.15) is 0 Å². The molecule has 226 valence electrons. The van der Waals surface area contributed by atoms with E-state index < -0.39 is 63.9 Å². The number of phenols is 2.